The van der Waals surface area contributed by atoms with Gasteiger partial charge in [-0.25, -0.2) is 0 Å². The van der Waals surface area contributed by atoms with E-state index in [1.54, 1.807) is 0 Å². The van der Waals surface area contributed by atoms with E-state index < -0.39 is 0 Å². The van der Waals surface area contributed by atoms with E-state index in [0.29, 0.717) is 12.1 Å². The Morgan fingerprint density at radius 1 is 1.19 bits per heavy atom. The molecule has 1 saturated heterocycles. The van der Waals surface area contributed by atoms with Crippen molar-refractivity contribution in [1.82, 2.24) is 0 Å². The van der Waals surface area contributed by atoms with Gasteiger partial charge in [-0.2, -0.15) is 0 Å². The van der Waals surface area contributed by atoms with Gasteiger partial charge < -0.3 is 10.5 Å². The molecule has 2 N–H and O–H groups in total. The predicted octanol–water partition coefficient (Wildman–Crippen LogP) is 3.49. The number of nitrogens with two attached hydrogens (primary N) is 1. The summed E-state index contributed by atoms with van der Waals surface area (Å²) in [6.07, 6.45) is 10.4. The third-order valence-electron chi connectivity index (χ3n) is 3.77. The second kappa shape index (κ2) is 8.08. The van der Waals surface area contributed by atoms with E-state index in [9.17, 15) is 0 Å². The van der Waals surface area contributed by atoms with E-state index in [0.717, 1.165) is 18.9 Å². The Hall–Kier alpha value is -0.0800. The van der Waals surface area contributed by atoms with E-state index in [4.69, 9.17) is 10.5 Å². The SMILES string of the molecule is CCCC(CCC)C(N)CCC1CCCO1. The third-order valence-corrected chi connectivity index (χ3v) is 3.77. The van der Waals surface area contributed by atoms with Crippen LogP contribution in [0.3, 0.4) is 0 Å². The normalized spacial score (nSPS) is 22.9. The maximum absolute atomic E-state index is 6.31. The average molecular weight is 227 g/mol. The molecule has 2 unspecified atom stereocenters. The lowest BCUT2D eigenvalue weighted by Gasteiger charge is -2.24. The van der Waals surface area contributed by atoms with Crippen LogP contribution in [0.5, 0.6) is 0 Å². The first-order chi connectivity index (χ1) is 7.77. The Bertz CT molecular complexity index is 160. The molecule has 0 bridgehead atoms. The molecule has 2 heteroatoms. The largest absolute Gasteiger partial charge is 0.378 e. The number of ether oxygens (including phenoxy) is 1. The predicted molar refractivity (Wildman–Crippen MR) is 69.5 cm³/mol. The summed E-state index contributed by atoms with van der Waals surface area (Å²) in [6.45, 7) is 5.48. The summed E-state index contributed by atoms with van der Waals surface area (Å²) in [5.41, 5.74) is 6.31. The van der Waals surface area contributed by atoms with Crippen molar-refractivity contribution in [3.05, 3.63) is 0 Å². The summed E-state index contributed by atoms with van der Waals surface area (Å²) in [7, 11) is 0. The van der Waals surface area contributed by atoms with Gasteiger partial charge in [0.25, 0.3) is 0 Å². The maximum atomic E-state index is 6.31. The van der Waals surface area contributed by atoms with Crippen molar-refractivity contribution in [3.8, 4) is 0 Å². The highest BCUT2D eigenvalue weighted by Gasteiger charge is 2.20. The lowest BCUT2D eigenvalue weighted by atomic mass is 9.87. The first-order valence-electron chi connectivity index (χ1n) is 7.15. The summed E-state index contributed by atoms with van der Waals surface area (Å²) < 4.78 is 5.65. The average Bonchev–Trinajstić information content (AvgIpc) is 2.78. The smallest absolute Gasteiger partial charge is 0.0576 e. The summed E-state index contributed by atoms with van der Waals surface area (Å²) in [5.74, 6) is 0.733. The van der Waals surface area contributed by atoms with Gasteiger partial charge in [0.05, 0.1) is 6.10 Å². The monoisotopic (exact) mass is 227 g/mol. The zero-order valence-corrected chi connectivity index (χ0v) is 11.1. The number of rotatable bonds is 8. The maximum Gasteiger partial charge on any atom is 0.0576 e. The van der Waals surface area contributed by atoms with Gasteiger partial charge in [-0.05, 0) is 44.4 Å². The van der Waals surface area contributed by atoms with Crippen LogP contribution in [0, 0.1) is 5.92 Å². The van der Waals surface area contributed by atoms with Gasteiger partial charge in [0.1, 0.15) is 0 Å². The van der Waals surface area contributed by atoms with Gasteiger partial charge in [-0.1, -0.05) is 26.7 Å². The molecule has 0 aromatic carbocycles. The minimum Gasteiger partial charge on any atom is -0.378 e. The molecule has 0 spiro atoms. The molecule has 2 nitrogen and oxygen atoms in total. The zero-order valence-electron chi connectivity index (χ0n) is 11.1. The Labute approximate surface area is 101 Å². The highest BCUT2D eigenvalue weighted by molar-refractivity contribution is 4.75. The van der Waals surface area contributed by atoms with Crippen LogP contribution >= 0.6 is 0 Å². The van der Waals surface area contributed by atoms with Crippen LogP contribution in [0.25, 0.3) is 0 Å². The van der Waals surface area contributed by atoms with Crippen LogP contribution in [0.1, 0.15) is 65.2 Å². The van der Waals surface area contributed by atoms with Crippen LogP contribution in [0.4, 0.5) is 0 Å². The molecule has 1 aliphatic rings. The highest BCUT2D eigenvalue weighted by atomic mass is 16.5. The summed E-state index contributed by atoms with van der Waals surface area (Å²) in [6, 6.07) is 0.393. The molecule has 16 heavy (non-hydrogen) atoms. The van der Waals surface area contributed by atoms with Crippen molar-refractivity contribution in [2.75, 3.05) is 6.61 Å². The van der Waals surface area contributed by atoms with Gasteiger partial charge >= 0.3 is 0 Å². The summed E-state index contributed by atoms with van der Waals surface area (Å²) in [5, 5.41) is 0. The molecule has 0 aromatic heterocycles. The van der Waals surface area contributed by atoms with Crippen LogP contribution in [-0.2, 0) is 4.74 Å². The van der Waals surface area contributed by atoms with Crippen molar-refractivity contribution < 1.29 is 4.74 Å². The van der Waals surface area contributed by atoms with Gasteiger partial charge in [0, 0.05) is 12.6 Å². The quantitative estimate of drug-likeness (QED) is 0.689. The van der Waals surface area contributed by atoms with Crippen molar-refractivity contribution >= 4 is 0 Å². The minimum atomic E-state index is 0.393. The third kappa shape index (κ3) is 4.84. The molecule has 1 rings (SSSR count). The van der Waals surface area contributed by atoms with Gasteiger partial charge in [0.15, 0.2) is 0 Å². The van der Waals surface area contributed by atoms with Gasteiger partial charge in [-0.15, -0.1) is 0 Å². The lowest BCUT2D eigenvalue weighted by molar-refractivity contribution is 0.0983. The molecule has 0 radical (unpaired) electrons. The Morgan fingerprint density at radius 2 is 1.88 bits per heavy atom. The Kier molecular flexibility index (Phi) is 7.06. The van der Waals surface area contributed by atoms with E-state index in [-0.39, 0.29) is 0 Å². The molecule has 96 valence electrons. The molecule has 1 heterocycles. The first kappa shape index (κ1) is 14.0. The van der Waals surface area contributed by atoms with Crippen LogP contribution in [0.2, 0.25) is 0 Å². The Morgan fingerprint density at radius 3 is 2.38 bits per heavy atom. The Balaban J connectivity index is 2.21. The number of hydrogen-bond donors (Lipinski definition) is 1. The fraction of sp³-hybridized carbons (Fsp3) is 1.00. The van der Waals surface area contributed by atoms with Crippen LogP contribution < -0.4 is 5.73 Å². The number of hydrogen-bond acceptors (Lipinski definition) is 2. The standard InChI is InChI=1S/C14H29NO/c1-3-6-12(7-4-2)14(15)10-9-13-8-5-11-16-13/h12-14H,3-11,15H2,1-2H3. The molecular weight excluding hydrogens is 198 g/mol. The van der Waals surface area contributed by atoms with E-state index in [2.05, 4.69) is 13.8 Å². The van der Waals surface area contributed by atoms with Crippen molar-refractivity contribution in [1.29, 1.82) is 0 Å². The molecule has 2 atom stereocenters. The molecular formula is C14H29NO. The second-order valence-corrected chi connectivity index (χ2v) is 5.21. The lowest BCUT2D eigenvalue weighted by Crippen LogP contribution is -2.31. The summed E-state index contributed by atoms with van der Waals surface area (Å²) in [4.78, 5) is 0. The second-order valence-electron chi connectivity index (χ2n) is 5.21. The van der Waals surface area contributed by atoms with E-state index in [1.165, 1.54) is 44.9 Å². The molecule has 0 aliphatic carbocycles. The van der Waals surface area contributed by atoms with Gasteiger partial charge in [0.2, 0.25) is 0 Å². The molecule has 0 saturated carbocycles. The van der Waals surface area contributed by atoms with Gasteiger partial charge in [-0.3, -0.25) is 0 Å². The van der Waals surface area contributed by atoms with Crippen molar-refractivity contribution in [2.45, 2.75) is 77.4 Å². The topological polar surface area (TPSA) is 35.2 Å². The van der Waals surface area contributed by atoms with E-state index >= 15 is 0 Å². The fourth-order valence-corrected chi connectivity index (χ4v) is 2.80. The molecule has 0 amide bonds. The zero-order chi connectivity index (χ0) is 11.8. The summed E-state index contributed by atoms with van der Waals surface area (Å²) >= 11 is 0. The fourth-order valence-electron chi connectivity index (χ4n) is 2.80. The van der Waals surface area contributed by atoms with Crippen LogP contribution in [-0.4, -0.2) is 18.8 Å². The molecule has 1 aliphatic heterocycles. The highest BCUT2D eigenvalue weighted by Crippen LogP contribution is 2.23. The molecule has 0 aromatic rings. The van der Waals surface area contributed by atoms with Crippen molar-refractivity contribution in [3.63, 3.8) is 0 Å². The molecule has 1 fully saturated rings. The minimum absolute atomic E-state index is 0.393. The first-order valence-corrected chi connectivity index (χ1v) is 7.15. The van der Waals surface area contributed by atoms with Crippen LogP contribution in [0.15, 0.2) is 0 Å². The van der Waals surface area contributed by atoms with E-state index in [1.807, 2.05) is 0 Å². The van der Waals surface area contributed by atoms with Crippen molar-refractivity contribution in [2.24, 2.45) is 11.7 Å².